The zero-order chi connectivity index (χ0) is 23.8. The average molecular weight is 463 g/mol. The first-order chi connectivity index (χ1) is 15.6. The van der Waals surface area contributed by atoms with Gasteiger partial charge in [0.25, 0.3) is 0 Å². The van der Waals surface area contributed by atoms with Crippen LogP contribution in [0.4, 0.5) is 26.3 Å². The number of nitrogens with zero attached hydrogens (tertiary/aromatic N) is 2. The molecule has 0 spiro atoms. The zero-order valence-corrected chi connectivity index (χ0v) is 16.7. The van der Waals surface area contributed by atoms with Crippen molar-refractivity contribution in [3.8, 4) is 0 Å². The third-order valence-corrected chi connectivity index (χ3v) is 5.26. The van der Waals surface area contributed by atoms with E-state index in [9.17, 15) is 31.1 Å². The monoisotopic (exact) mass is 463 g/mol. The second kappa shape index (κ2) is 8.34. The van der Waals surface area contributed by atoms with Crippen LogP contribution in [0.15, 0.2) is 67.1 Å². The Morgan fingerprint density at radius 2 is 1.55 bits per heavy atom. The summed E-state index contributed by atoms with van der Waals surface area (Å²) in [5.74, 6) is -1.72. The number of pyridine rings is 2. The maximum absolute atomic E-state index is 13.7. The van der Waals surface area contributed by atoms with Crippen LogP contribution >= 0.6 is 0 Å². The van der Waals surface area contributed by atoms with E-state index in [1.165, 1.54) is 12.4 Å². The van der Waals surface area contributed by atoms with Crippen LogP contribution < -0.4 is 0 Å². The Morgan fingerprint density at radius 3 is 2.21 bits per heavy atom. The number of hydrogen-bond donors (Lipinski definition) is 1. The SMILES string of the molecule is O=C(C[C@@H](c1ccc(C(F)(F)F)cc1)c1ncccc1C(F)(F)F)c1c[nH]c2ncccc12. The summed E-state index contributed by atoms with van der Waals surface area (Å²) >= 11 is 0. The number of nitrogens with one attached hydrogen (secondary N) is 1. The van der Waals surface area contributed by atoms with E-state index in [0.717, 1.165) is 42.6 Å². The predicted octanol–water partition coefficient (Wildman–Crippen LogP) is 6.40. The van der Waals surface area contributed by atoms with Crippen molar-refractivity contribution in [3.63, 3.8) is 0 Å². The van der Waals surface area contributed by atoms with Crippen molar-refractivity contribution in [2.75, 3.05) is 0 Å². The maximum Gasteiger partial charge on any atom is 0.418 e. The van der Waals surface area contributed by atoms with Crippen molar-refractivity contribution in [2.45, 2.75) is 24.7 Å². The van der Waals surface area contributed by atoms with E-state index in [1.807, 2.05) is 0 Å². The molecule has 0 radical (unpaired) electrons. The van der Waals surface area contributed by atoms with Crippen LogP contribution in [0.1, 0.15) is 45.1 Å². The Hall–Kier alpha value is -3.69. The number of H-pyrrole nitrogens is 1. The molecule has 0 saturated heterocycles. The fourth-order valence-electron chi connectivity index (χ4n) is 3.69. The minimum Gasteiger partial charge on any atom is -0.345 e. The van der Waals surface area contributed by atoms with Gasteiger partial charge in [-0.05, 0) is 42.0 Å². The van der Waals surface area contributed by atoms with Gasteiger partial charge in [-0.3, -0.25) is 9.78 Å². The van der Waals surface area contributed by atoms with E-state index in [0.29, 0.717) is 11.0 Å². The van der Waals surface area contributed by atoms with Crippen LogP contribution in [0.3, 0.4) is 0 Å². The maximum atomic E-state index is 13.7. The van der Waals surface area contributed by atoms with Gasteiger partial charge in [0.15, 0.2) is 5.78 Å². The molecule has 0 aliphatic rings. The standard InChI is InChI=1S/C23H15F6N3O/c24-22(25,26)14-7-5-13(6-8-14)16(20-18(23(27,28)29)4-2-9-30-20)11-19(33)17-12-32-21-15(17)3-1-10-31-21/h1-10,12,16H,11H2,(H,31,32)/t16-/m0/s1. The van der Waals surface area contributed by atoms with Gasteiger partial charge in [-0.1, -0.05) is 12.1 Å². The molecule has 0 fully saturated rings. The summed E-state index contributed by atoms with van der Waals surface area (Å²) in [6.07, 6.45) is -5.73. The quantitative estimate of drug-likeness (QED) is 0.275. The predicted molar refractivity (Wildman–Crippen MR) is 108 cm³/mol. The van der Waals surface area contributed by atoms with Crippen LogP contribution in [-0.2, 0) is 12.4 Å². The molecule has 3 heterocycles. The molecule has 0 aliphatic carbocycles. The molecule has 4 nitrogen and oxygen atoms in total. The Bertz CT molecular complexity index is 1290. The summed E-state index contributed by atoms with van der Waals surface area (Å²) in [5, 5.41) is 0.491. The summed E-state index contributed by atoms with van der Waals surface area (Å²) < 4.78 is 80.0. The average Bonchev–Trinajstić information content (AvgIpc) is 3.21. The molecule has 33 heavy (non-hydrogen) atoms. The highest BCUT2D eigenvalue weighted by Gasteiger charge is 2.37. The highest BCUT2D eigenvalue weighted by atomic mass is 19.4. The molecule has 1 atom stereocenters. The largest absolute Gasteiger partial charge is 0.418 e. The van der Waals surface area contributed by atoms with Gasteiger partial charge in [0.05, 0.1) is 16.8 Å². The minimum absolute atomic E-state index is 0.110. The van der Waals surface area contributed by atoms with Crippen molar-refractivity contribution in [1.82, 2.24) is 15.0 Å². The molecule has 4 rings (SSSR count). The molecule has 3 aromatic heterocycles. The number of aromatic amines is 1. The Labute approximate surface area is 183 Å². The first-order valence-electron chi connectivity index (χ1n) is 9.70. The van der Waals surface area contributed by atoms with E-state index in [2.05, 4.69) is 15.0 Å². The van der Waals surface area contributed by atoms with Crippen molar-refractivity contribution in [2.24, 2.45) is 0 Å². The summed E-state index contributed by atoms with van der Waals surface area (Å²) in [5.41, 5.74) is -1.67. The first kappa shape index (κ1) is 22.5. The molecule has 170 valence electrons. The van der Waals surface area contributed by atoms with Gasteiger partial charge in [0, 0.05) is 41.9 Å². The van der Waals surface area contributed by atoms with Crippen LogP contribution in [0, 0.1) is 0 Å². The van der Waals surface area contributed by atoms with Crippen LogP contribution in [0.25, 0.3) is 11.0 Å². The second-order valence-corrected chi connectivity index (χ2v) is 7.34. The highest BCUT2D eigenvalue weighted by Crippen LogP contribution is 2.39. The Morgan fingerprint density at radius 1 is 0.879 bits per heavy atom. The fourth-order valence-corrected chi connectivity index (χ4v) is 3.69. The third kappa shape index (κ3) is 4.59. The lowest BCUT2D eigenvalue weighted by molar-refractivity contribution is -0.139. The molecular formula is C23H15F6N3O. The topological polar surface area (TPSA) is 58.6 Å². The van der Waals surface area contributed by atoms with E-state index in [1.54, 1.807) is 12.1 Å². The third-order valence-electron chi connectivity index (χ3n) is 5.26. The Kier molecular flexibility index (Phi) is 5.69. The molecule has 10 heteroatoms. The van der Waals surface area contributed by atoms with Gasteiger partial charge in [0.1, 0.15) is 5.65 Å². The summed E-state index contributed by atoms with van der Waals surface area (Å²) in [4.78, 5) is 23.9. The van der Waals surface area contributed by atoms with Gasteiger partial charge < -0.3 is 4.98 Å². The zero-order valence-electron chi connectivity index (χ0n) is 16.7. The van der Waals surface area contributed by atoms with Crippen molar-refractivity contribution >= 4 is 16.8 Å². The van der Waals surface area contributed by atoms with Gasteiger partial charge >= 0.3 is 12.4 Å². The number of rotatable bonds is 5. The highest BCUT2D eigenvalue weighted by molar-refractivity contribution is 6.07. The first-order valence-corrected chi connectivity index (χ1v) is 9.70. The molecular weight excluding hydrogens is 448 g/mol. The molecule has 0 saturated carbocycles. The molecule has 0 aliphatic heterocycles. The molecule has 0 bridgehead atoms. The lowest BCUT2D eigenvalue weighted by atomic mass is 9.86. The van der Waals surface area contributed by atoms with Crippen molar-refractivity contribution < 1.29 is 31.1 Å². The van der Waals surface area contributed by atoms with Gasteiger partial charge in [0.2, 0.25) is 0 Å². The van der Waals surface area contributed by atoms with Gasteiger partial charge in [-0.2, -0.15) is 26.3 Å². The van der Waals surface area contributed by atoms with E-state index in [-0.39, 0.29) is 11.1 Å². The van der Waals surface area contributed by atoms with Crippen LogP contribution in [-0.4, -0.2) is 20.7 Å². The number of carbonyl (C=O) groups is 1. The number of ketones is 1. The Balaban J connectivity index is 1.79. The number of halogens is 6. The second-order valence-electron chi connectivity index (χ2n) is 7.34. The van der Waals surface area contributed by atoms with Crippen molar-refractivity contribution in [1.29, 1.82) is 0 Å². The molecule has 4 aromatic rings. The summed E-state index contributed by atoms with van der Waals surface area (Å²) in [6, 6.07) is 8.90. The van der Waals surface area contributed by atoms with E-state index >= 15 is 0 Å². The number of fused-ring (bicyclic) bond motifs is 1. The van der Waals surface area contributed by atoms with Gasteiger partial charge in [-0.25, -0.2) is 4.98 Å². The molecule has 1 aromatic carbocycles. The van der Waals surface area contributed by atoms with Crippen LogP contribution in [0.5, 0.6) is 0 Å². The van der Waals surface area contributed by atoms with E-state index < -0.39 is 47.3 Å². The molecule has 0 amide bonds. The lowest BCUT2D eigenvalue weighted by Crippen LogP contribution is -2.17. The van der Waals surface area contributed by atoms with Gasteiger partial charge in [-0.15, -0.1) is 0 Å². The molecule has 1 N–H and O–H groups in total. The number of hydrogen-bond acceptors (Lipinski definition) is 3. The number of Topliss-reactive ketones (excluding diaryl/α,β-unsaturated/α-hetero) is 1. The summed E-state index contributed by atoms with van der Waals surface area (Å²) in [7, 11) is 0. The normalized spacial score (nSPS) is 13.3. The lowest BCUT2D eigenvalue weighted by Gasteiger charge is -2.21. The minimum atomic E-state index is -4.76. The van der Waals surface area contributed by atoms with Crippen molar-refractivity contribution in [3.05, 3.63) is 95.1 Å². The number of carbonyl (C=O) groups excluding carboxylic acids is 1. The summed E-state index contributed by atoms with van der Waals surface area (Å²) in [6.45, 7) is 0. The van der Waals surface area contributed by atoms with E-state index in [4.69, 9.17) is 0 Å². The smallest absolute Gasteiger partial charge is 0.345 e. The molecule has 0 unspecified atom stereocenters. The fraction of sp³-hybridized carbons (Fsp3) is 0.174. The number of alkyl halides is 6. The number of benzene rings is 1. The number of aromatic nitrogens is 3. The van der Waals surface area contributed by atoms with Crippen LogP contribution in [0.2, 0.25) is 0 Å².